The Balaban J connectivity index is 3.63. The second kappa shape index (κ2) is 3.91. The first-order valence-electron chi connectivity index (χ1n) is 4.20. The number of allylic oxidation sites excluding steroid dienone is 1. The highest BCUT2D eigenvalue weighted by molar-refractivity contribution is 4.94. The molecule has 0 saturated heterocycles. The number of hydrogen-bond acceptors (Lipinski definition) is 1. The van der Waals surface area contributed by atoms with Gasteiger partial charge in [-0.2, -0.15) is 0 Å². The minimum atomic E-state index is -0.524. The van der Waals surface area contributed by atoms with Crippen molar-refractivity contribution in [3.05, 3.63) is 12.2 Å². The van der Waals surface area contributed by atoms with Crippen molar-refractivity contribution in [1.29, 1.82) is 0 Å². The van der Waals surface area contributed by atoms with Crippen LogP contribution in [-0.2, 0) is 0 Å². The van der Waals surface area contributed by atoms with E-state index in [4.69, 9.17) is 0 Å². The van der Waals surface area contributed by atoms with Crippen molar-refractivity contribution in [2.24, 2.45) is 5.92 Å². The first-order chi connectivity index (χ1) is 4.83. The molecule has 0 saturated carbocycles. The molecule has 0 fully saturated rings. The second-order valence-electron chi connectivity index (χ2n) is 4.10. The first kappa shape index (κ1) is 10.7. The molecule has 0 aromatic rings. The minimum Gasteiger partial charge on any atom is -0.390 e. The third-order valence-corrected chi connectivity index (χ3v) is 2.03. The molecule has 1 nitrogen and oxygen atoms in total. The molecule has 0 aromatic heterocycles. The molecule has 0 aliphatic rings. The van der Waals surface area contributed by atoms with Crippen molar-refractivity contribution in [2.75, 3.05) is 0 Å². The van der Waals surface area contributed by atoms with Crippen molar-refractivity contribution in [3.8, 4) is 0 Å². The quantitative estimate of drug-likeness (QED) is 0.620. The highest BCUT2D eigenvalue weighted by atomic mass is 16.3. The van der Waals surface area contributed by atoms with E-state index >= 15 is 0 Å². The van der Waals surface area contributed by atoms with Crippen LogP contribution in [-0.4, -0.2) is 10.7 Å². The van der Waals surface area contributed by atoms with Gasteiger partial charge in [-0.1, -0.05) is 19.1 Å². The Hall–Kier alpha value is -0.300. The SMILES string of the molecule is C=C(C)C(C)CCC(C)(C)O. The van der Waals surface area contributed by atoms with Crippen molar-refractivity contribution < 1.29 is 5.11 Å². The van der Waals surface area contributed by atoms with Crippen LogP contribution in [0.15, 0.2) is 12.2 Å². The smallest absolute Gasteiger partial charge is 0.0592 e. The summed E-state index contributed by atoms with van der Waals surface area (Å²) in [5.74, 6) is 0.529. The normalized spacial score (nSPS) is 14.6. The lowest BCUT2D eigenvalue weighted by Gasteiger charge is -2.19. The monoisotopic (exact) mass is 156 g/mol. The van der Waals surface area contributed by atoms with Gasteiger partial charge in [0, 0.05) is 0 Å². The largest absolute Gasteiger partial charge is 0.390 e. The highest BCUT2D eigenvalue weighted by Crippen LogP contribution is 2.19. The van der Waals surface area contributed by atoms with E-state index in [1.165, 1.54) is 5.57 Å². The molecule has 0 spiro atoms. The summed E-state index contributed by atoms with van der Waals surface area (Å²) >= 11 is 0. The number of hydrogen-bond donors (Lipinski definition) is 1. The van der Waals surface area contributed by atoms with E-state index in [0.29, 0.717) is 5.92 Å². The van der Waals surface area contributed by atoms with E-state index in [0.717, 1.165) is 12.8 Å². The highest BCUT2D eigenvalue weighted by Gasteiger charge is 2.14. The van der Waals surface area contributed by atoms with E-state index in [-0.39, 0.29) is 0 Å². The Morgan fingerprint density at radius 2 is 2.00 bits per heavy atom. The summed E-state index contributed by atoms with van der Waals surface area (Å²) in [4.78, 5) is 0. The fraction of sp³-hybridized carbons (Fsp3) is 0.800. The zero-order chi connectivity index (χ0) is 9.07. The van der Waals surface area contributed by atoms with Crippen molar-refractivity contribution in [3.63, 3.8) is 0 Å². The van der Waals surface area contributed by atoms with Gasteiger partial charge in [0.1, 0.15) is 0 Å². The second-order valence-corrected chi connectivity index (χ2v) is 4.10. The van der Waals surface area contributed by atoms with Crippen molar-refractivity contribution >= 4 is 0 Å². The molecule has 0 radical (unpaired) electrons. The first-order valence-corrected chi connectivity index (χ1v) is 4.20. The lowest BCUT2D eigenvalue weighted by molar-refractivity contribution is 0.0657. The van der Waals surface area contributed by atoms with Gasteiger partial charge in [0.15, 0.2) is 0 Å². The molecular weight excluding hydrogens is 136 g/mol. The molecule has 0 rings (SSSR count). The molecule has 1 heteroatoms. The average Bonchev–Trinajstić information content (AvgIpc) is 1.80. The Bertz CT molecular complexity index is 130. The van der Waals surface area contributed by atoms with Gasteiger partial charge in [-0.3, -0.25) is 0 Å². The van der Waals surface area contributed by atoms with Crippen molar-refractivity contribution in [1.82, 2.24) is 0 Å². The van der Waals surface area contributed by atoms with Crippen LogP contribution >= 0.6 is 0 Å². The zero-order valence-corrected chi connectivity index (χ0v) is 8.15. The summed E-state index contributed by atoms with van der Waals surface area (Å²) < 4.78 is 0. The summed E-state index contributed by atoms with van der Waals surface area (Å²) in [6, 6.07) is 0. The maximum atomic E-state index is 9.42. The molecule has 1 unspecified atom stereocenters. The molecule has 0 aliphatic carbocycles. The zero-order valence-electron chi connectivity index (χ0n) is 8.15. The van der Waals surface area contributed by atoms with E-state index in [1.54, 1.807) is 0 Å². The van der Waals surface area contributed by atoms with E-state index in [9.17, 15) is 5.11 Å². The predicted molar refractivity (Wildman–Crippen MR) is 49.5 cm³/mol. The van der Waals surface area contributed by atoms with Crippen LogP contribution in [0.5, 0.6) is 0 Å². The van der Waals surface area contributed by atoms with Gasteiger partial charge < -0.3 is 5.11 Å². The van der Waals surface area contributed by atoms with Gasteiger partial charge in [0.25, 0.3) is 0 Å². The van der Waals surface area contributed by atoms with Crippen LogP contribution in [0.4, 0.5) is 0 Å². The predicted octanol–water partition coefficient (Wildman–Crippen LogP) is 2.75. The number of aliphatic hydroxyl groups is 1. The summed E-state index contributed by atoms with van der Waals surface area (Å²) in [5.41, 5.74) is 0.679. The van der Waals surface area contributed by atoms with Crippen LogP contribution in [0.2, 0.25) is 0 Å². The minimum absolute atomic E-state index is 0.524. The van der Waals surface area contributed by atoms with Crippen molar-refractivity contribution in [2.45, 2.75) is 46.1 Å². The Morgan fingerprint density at radius 1 is 1.55 bits per heavy atom. The van der Waals surface area contributed by atoms with Gasteiger partial charge >= 0.3 is 0 Å². The van der Waals surface area contributed by atoms with Gasteiger partial charge in [-0.05, 0) is 39.5 Å². The lowest BCUT2D eigenvalue weighted by atomic mass is 9.92. The topological polar surface area (TPSA) is 20.2 Å². The molecule has 0 heterocycles. The summed E-state index contributed by atoms with van der Waals surface area (Å²) in [7, 11) is 0. The van der Waals surface area contributed by atoms with E-state index in [2.05, 4.69) is 13.5 Å². The van der Waals surface area contributed by atoms with Crippen LogP contribution in [0.1, 0.15) is 40.5 Å². The van der Waals surface area contributed by atoms with Crippen LogP contribution in [0.3, 0.4) is 0 Å². The Kier molecular flexibility index (Phi) is 3.81. The van der Waals surface area contributed by atoms with Gasteiger partial charge in [0.2, 0.25) is 0 Å². The van der Waals surface area contributed by atoms with Gasteiger partial charge in [-0.25, -0.2) is 0 Å². The molecule has 66 valence electrons. The van der Waals surface area contributed by atoms with Gasteiger partial charge in [-0.15, -0.1) is 0 Å². The summed E-state index contributed by atoms with van der Waals surface area (Å²) in [6.07, 6.45) is 1.87. The summed E-state index contributed by atoms with van der Waals surface area (Å²) in [5, 5.41) is 9.42. The molecule has 11 heavy (non-hydrogen) atoms. The Labute approximate surface area is 70.1 Å². The third kappa shape index (κ3) is 6.11. The van der Waals surface area contributed by atoms with Crippen LogP contribution < -0.4 is 0 Å². The fourth-order valence-electron chi connectivity index (χ4n) is 0.816. The lowest BCUT2D eigenvalue weighted by Crippen LogP contribution is -2.19. The molecular formula is C10H20O. The van der Waals surface area contributed by atoms with E-state index < -0.39 is 5.60 Å². The average molecular weight is 156 g/mol. The molecule has 0 amide bonds. The standard InChI is InChI=1S/C10H20O/c1-8(2)9(3)6-7-10(4,5)11/h9,11H,1,6-7H2,2-5H3. The maximum Gasteiger partial charge on any atom is 0.0592 e. The van der Waals surface area contributed by atoms with Crippen LogP contribution in [0, 0.1) is 5.92 Å². The maximum absolute atomic E-state index is 9.42. The van der Waals surface area contributed by atoms with E-state index in [1.807, 2.05) is 20.8 Å². The number of rotatable bonds is 4. The molecule has 0 aromatic carbocycles. The molecule has 0 aliphatic heterocycles. The molecule has 1 N–H and O–H groups in total. The van der Waals surface area contributed by atoms with Crippen LogP contribution in [0.25, 0.3) is 0 Å². The fourth-order valence-corrected chi connectivity index (χ4v) is 0.816. The summed E-state index contributed by atoms with van der Waals surface area (Å²) in [6.45, 7) is 11.7. The third-order valence-electron chi connectivity index (χ3n) is 2.03. The Morgan fingerprint density at radius 3 is 2.27 bits per heavy atom. The molecule has 1 atom stereocenters. The molecule has 0 bridgehead atoms. The van der Waals surface area contributed by atoms with Gasteiger partial charge in [0.05, 0.1) is 5.60 Å².